The number of amides is 1. The molecule has 2 aliphatic rings. The smallest absolute Gasteiger partial charge is 0.224 e. The molecule has 1 aromatic carbocycles. The first-order valence-corrected chi connectivity index (χ1v) is 11.0. The second kappa shape index (κ2) is 10.3. The van der Waals surface area contributed by atoms with Crippen LogP contribution < -0.4 is 20.7 Å². The van der Waals surface area contributed by atoms with Gasteiger partial charge in [0.05, 0.1) is 18.8 Å². The Morgan fingerprint density at radius 3 is 2.90 bits per heavy atom. The molecule has 166 valence electrons. The molecule has 1 saturated heterocycles. The number of aryl methyl sites for hydroxylation is 1. The van der Waals surface area contributed by atoms with Crippen molar-refractivity contribution >= 4 is 17.6 Å². The third-order valence-corrected chi connectivity index (χ3v) is 5.77. The predicted molar refractivity (Wildman–Crippen MR) is 121 cm³/mol. The Morgan fingerprint density at radius 2 is 2.13 bits per heavy atom. The zero-order valence-corrected chi connectivity index (χ0v) is 18.0. The van der Waals surface area contributed by atoms with Crippen LogP contribution >= 0.6 is 0 Å². The van der Waals surface area contributed by atoms with E-state index in [-0.39, 0.29) is 11.9 Å². The highest BCUT2D eigenvalue weighted by molar-refractivity contribution is 5.94. The number of carbonyl (C=O) groups excluding carboxylic acids is 1. The molecule has 0 saturated carbocycles. The summed E-state index contributed by atoms with van der Waals surface area (Å²) in [6.45, 7) is 4.06. The molecule has 0 aliphatic carbocycles. The summed E-state index contributed by atoms with van der Waals surface area (Å²) < 4.78 is 11.6. The van der Waals surface area contributed by atoms with Crippen molar-refractivity contribution in [3.63, 3.8) is 0 Å². The van der Waals surface area contributed by atoms with E-state index in [1.807, 2.05) is 30.3 Å². The van der Waals surface area contributed by atoms with Crippen molar-refractivity contribution in [2.24, 2.45) is 4.99 Å². The van der Waals surface area contributed by atoms with Crippen LogP contribution in [0.4, 0.5) is 5.69 Å². The standard InChI is InChI=1S/C23H31N5O3/c1-24-23(26-16-20(21-5-4-13-31-21)28-11-2-3-12-28)25-10-14-30-18-7-8-19-17(15-18)6-9-22(29)27-19/h4-5,7-8,13,15,20H,2-3,6,9-12,14,16H2,1H3,(H,27,29)(H2,24,25,26). The van der Waals surface area contributed by atoms with Gasteiger partial charge in [-0.25, -0.2) is 0 Å². The van der Waals surface area contributed by atoms with Crippen molar-refractivity contribution in [1.82, 2.24) is 15.5 Å². The molecule has 3 heterocycles. The normalized spacial score (nSPS) is 17.7. The molecular weight excluding hydrogens is 394 g/mol. The van der Waals surface area contributed by atoms with E-state index in [4.69, 9.17) is 9.15 Å². The van der Waals surface area contributed by atoms with Crippen molar-refractivity contribution < 1.29 is 13.9 Å². The first-order chi connectivity index (χ1) is 15.2. The Hall–Kier alpha value is -3.00. The lowest BCUT2D eigenvalue weighted by Crippen LogP contribution is -2.43. The highest BCUT2D eigenvalue weighted by Crippen LogP contribution is 2.27. The van der Waals surface area contributed by atoms with Gasteiger partial charge in [-0.05, 0) is 68.2 Å². The molecule has 0 spiro atoms. The Balaban J connectivity index is 1.23. The third kappa shape index (κ3) is 5.58. The van der Waals surface area contributed by atoms with Crippen LogP contribution in [-0.2, 0) is 11.2 Å². The van der Waals surface area contributed by atoms with E-state index in [0.717, 1.165) is 54.8 Å². The number of anilines is 1. The Kier molecular flexibility index (Phi) is 7.09. The van der Waals surface area contributed by atoms with Crippen LogP contribution in [0.1, 0.15) is 36.6 Å². The molecule has 4 rings (SSSR count). The molecule has 0 radical (unpaired) electrons. The van der Waals surface area contributed by atoms with Crippen molar-refractivity contribution in [2.75, 3.05) is 45.2 Å². The van der Waals surface area contributed by atoms with E-state index < -0.39 is 0 Å². The molecule has 1 fully saturated rings. The minimum Gasteiger partial charge on any atom is -0.492 e. The van der Waals surface area contributed by atoms with Gasteiger partial charge >= 0.3 is 0 Å². The van der Waals surface area contributed by atoms with Crippen molar-refractivity contribution in [3.8, 4) is 5.75 Å². The SMILES string of the molecule is CN=C(NCCOc1ccc2c(c1)CCC(=O)N2)NCC(c1ccco1)N1CCCC1. The number of rotatable bonds is 8. The van der Waals surface area contributed by atoms with E-state index in [2.05, 4.69) is 25.8 Å². The van der Waals surface area contributed by atoms with Gasteiger partial charge in [0.1, 0.15) is 18.1 Å². The summed E-state index contributed by atoms with van der Waals surface area (Å²) in [5.41, 5.74) is 2.00. The summed E-state index contributed by atoms with van der Waals surface area (Å²) in [6.07, 6.45) is 5.47. The van der Waals surface area contributed by atoms with Crippen LogP contribution in [-0.4, -0.2) is 56.6 Å². The first-order valence-electron chi connectivity index (χ1n) is 11.0. The summed E-state index contributed by atoms with van der Waals surface area (Å²) in [5, 5.41) is 9.62. The number of furan rings is 1. The fourth-order valence-electron chi connectivity index (χ4n) is 4.15. The molecule has 2 aromatic rings. The number of carbonyl (C=O) groups is 1. The Morgan fingerprint density at radius 1 is 1.26 bits per heavy atom. The van der Waals surface area contributed by atoms with Gasteiger partial charge in [0.25, 0.3) is 0 Å². The molecule has 0 bridgehead atoms. The molecule has 1 unspecified atom stereocenters. The molecule has 31 heavy (non-hydrogen) atoms. The molecule has 8 heteroatoms. The molecular formula is C23H31N5O3. The molecule has 3 N–H and O–H groups in total. The average molecular weight is 426 g/mol. The zero-order chi connectivity index (χ0) is 21.5. The van der Waals surface area contributed by atoms with Crippen LogP contribution in [0.25, 0.3) is 0 Å². The van der Waals surface area contributed by atoms with Crippen molar-refractivity contribution in [1.29, 1.82) is 0 Å². The van der Waals surface area contributed by atoms with Gasteiger partial charge in [-0.3, -0.25) is 14.7 Å². The summed E-state index contributed by atoms with van der Waals surface area (Å²) in [4.78, 5) is 18.3. The monoisotopic (exact) mass is 425 g/mol. The first kappa shape index (κ1) is 21.2. The van der Waals surface area contributed by atoms with E-state index in [9.17, 15) is 4.79 Å². The van der Waals surface area contributed by atoms with Gasteiger partial charge in [-0.15, -0.1) is 0 Å². The number of aliphatic imine (C=N–C) groups is 1. The van der Waals surface area contributed by atoms with Gasteiger partial charge in [0.15, 0.2) is 5.96 Å². The highest BCUT2D eigenvalue weighted by atomic mass is 16.5. The summed E-state index contributed by atoms with van der Waals surface area (Å²) >= 11 is 0. The number of nitrogens with zero attached hydrogens (tertiary/aromatic N) is 2. The average Bonchev–Trinajstić information content (AvgIpc) is 3.50. The summed E-state index contributed by atoms with van der Waals surface area (Å²) in [5.74, 6) is 2.61. The number of ether oxygens (including phenoxy) is 1. The topological polar surface area (TPSA) is 91.1 Å². The van der Waals surface area contributed by atoms with Crippen LogP contribution in [0, 0.1) is 0 Å². The van der Waals surface area contributed by atoms with Crippen LogP contribution in [0.2, 0.25) is 0 Å². The Labute approximate surface area is 183 Å². The Bertz CT molecular complexity index is 891. The molecule has 2 aliphatic heterocycles. The largest absolute Gasteiger partial charge is 0.492 e. The molecule has 1 amide bonds. The van der Waals surface area contributed by atoms with Gasteiger partial charge < -0.3 is 25.1 Å². The van der Waals surface area contributed by atoms with Crippen LogP contribution in [0.3, 0.4) is 0 Å². The lowest BCUT2D eigenvalue weighted by molar-refractivity contribution is -0.116. The number of guanidine groups is 1. The summed E-state index contributed by atoms with van der Waals surface area (Å²) in [6, 6.07) is 9.98. The zero-order valence-electron chi connectivity index (χ0n) is 18.0. The van der Waals surface area contributed by atoms with Gasteiger partial charge in [0, 0.05) is 25.7 Å². The number of benzene rings is 1. The van der Waals surface area contributed by atoms with E-state index in [1.54, 1.807) is 13.3 Å². The molecule has 8 nitrogen and oxygen atoms in total. The van der Waals surface area contributed by atoms with E-state index in [1.165, 1.54) is 12.8 Å². The maximum Gasteiger partial charge on any atom is 0.224 e. The van der Waals surface area contributed by atoms with Gasteiger partial charge in [-0.2, -0.15) is 0 Å². The lowest BCUT2D eigenvalue weighted by Gasteiger charge is -2.26. The number of nitrogens with one attached hydrogen (secondary N) is 3. The number of hydrogen-bond acceptors (Lipinski definition) is 5. The maximum atomic E-state index is 11.5. The maximum absolute atomic E-state index is 11.5. The van der Waals surface area contributed by atoms with E-state index in [0.29, 0.717) is 19.6 Å². The number of fused-ring (bicyclic) bond motifs is 1. The van der Waals surface area contributed by atoms with Crippen molar-refractivity contribution in [3.05, 3.63) is 47.9 Å². The quantitative estimate of drug-likeness (QED) is 0.342. The fraction of sp³-hybridized carbons (Fsp3) is 0.478. The second-order valence-electron chi connectivity index (χ2n) is 7.87. The molecule has 1 aromatic heterocycles. The third-order valence-electron chi connectivity index (χ3n) is 5.77. The highest BCUT2D eigenvalue weighted by Gasteiger charge is 2.25. The van der Waals surface area contributed by atoms with Crippen molar-refractivity contribution in [2.45, 2.75) is 31.7 Å². The number of hydrogen-bond donors (Lipinski definition) is 3. The lowest BCUT2D eigenvalue weighted by atomic mass is 10.0. The minimum atomic E-state index is 0.0725. The molecule has 1 atom stereocenters. The van der Waals surface area contributed by atoms with E-state index >= 15 is 0 Å². The van der Waals surface area contributed by atoms with Crippen LogP contribution in [0.15, 0.2) is 46.0 Å². The van der Waals surface area contributed by atoms with Gasteiger partial charge in [0.2, 0.25) is 5.91 Å². The van der Waals surface area contributed by atoms with Crippen LogP contribution in [0.5, 0.6) is 5.75 Å². The predicted octanol–water partition coefficient (Wildman–Crippen LogP) is 2.55. The fourth-order valence-corrected chi connectivity index (χ4v) is 4.15. The van der Waals surface area contributed by atoms with Gasteiger partial charge in [-0.1, -0.05) is 0 Å². The second-order valence-corrected chi connectivity index (χ2v) is 7.87. The number of likely N-dealkylation sites (tertiary alicyclic amines) is 1. The summed E-state index contributed by atoms with van der Waals surface area (Å²) in [7, 11) is 1.77. The minimum absolute atomic E-state index is 0.0725.